The van der Waals surface area contributed by atoms with E-state index in [-0.39, 0.29) is 30.3 Å². The maximum absolute atomic E-state index is 13.9. The molecule has 0 saturated carbocycles. The number of ether oxygens (including phenoxy) is 1. The maximum Gasteiger partial charge on any atom is 0.248 e. The van der Waals surface area contributed by atoms with Gasteiger partial charge < -0.3 is 15.2 Å². The minimum Gasteiger partial charge on any atom is -0.489 e. The number of amides is 1. The van der Waals surface area contributed by atoms with Gasteiger partial charge in [0.1, 0.15) is 30.0 Å². The predicted molar refractivity (Wildman–Crippen MR) is 118 cm³/mol. The Hall–Kier alpha value is -2.77. The fourth-order valence-corrected chi connectivity index (χ4v) is 4.05. The van der Waals surface area contributed by atoms with Gasteiger partial charge in [-0.1, -0.05) is 32.0 Å². The van der Waals surface area contributed by atoms with E-state index < -0.39 is 6.10 Å². The molecule has 2 unspecified atom stereocenters. The number of aryl methyl sites for hydroxylation is 1. The Morgan fingerprint density at radius 2 is 2.10 bits per heavy atom. The molecule has 2 aromatic carbocycles. The Labute approximate surface area is 181 Å². The Kier molecular flexibility index (Phi) is 6.34. The largest absolute Gasteiger partial charge is 0.489 e. The Morgan fingerprint density at radius 3 is 2.90 bits per heavy atom. The average molecular weight is 426 g/mol. The second-order valence-corrected chi connectivity index (χ2v) is 8.43. The molecule has 2 N–H and O–H groups in total. The molecule has 1 aliphatic carbocycles. The maximum atomic E-state index is 13.9. The lowest BCUT2D eigenvalue weighted by Gasteiger charge is -2.33. The van der Waals surface area contributed by atoms with Crippen LogP contribution in [0.5, 0.6) is 5.75 Å². The van der Waals surface area contributed by atoms with Gasteiger partial charge in [0.2, 0.25) is 5.91 Å². The fourth-order valence-electron chi connectivity index (χ4n) is 4.05. The molecule has 0 bridgehead atoms. The van der Waals surface area contributed by atoms with Gasteiger partial charge in [-0.2, -0.15) is 10.1 Å². The zero-order valence-corrected chi connectivity index (χ0v) is 17.8. The molecular weight excluding hydrogens is 397 g/mol. The number of carbonyl (C=O) groups excluding carboxylic acids is 1. The standard InChI is InChI=1S/C24H28FN3O3/c1-15(2)26-13-19(29)14-31-22-6-4-3-5-21(22)28-23(30)11-17-8-7-16-9-10-18(25)12-20(16)24(17)27-28/h3-6,9-10,12,15,17,19,26,29H,7-8,11,13-14H2,1-2H3. The average Bonchev–Trinajstić information content (AvgIpc) is 2.76. The lowest BCUT2D eigenvalue weighted by Crippen LogP contribution is -2.40. The zero-order valence-electron chi connectivity index (χ0n) is 17.8. The number of hydrogen-bond donors (Lipinski definition) is 2. The highest BCUT2D eigenvalue weighted by Gasteiger charge is 2.35. The molecule has 0 saturated heterocycles. The number of fused-ring (bicyclic) bond motifs is 3. The third-order valence-corrected chi connectivity index (χ3v) is 5.65. The van der Waals surface area contributed by atoms with E-state index in [4.69, 9.17) is 4.74 Å². The van der Waals surface area contributed by atoms with Crippen LogP contribution in [0.15, 0.2) is 47.6 Å². The number of benzene rings is 2. The number of nitrogens with zero attached hydrogens (tertiary/aromatic N) is 2. The number of anilines is 1. The molecule has 2 aromatic rings. The summed E-state index contributed by atoms with van der Waals surface area (Å²) in [4.78, 5) is 12.9. The number of carbonyl (C=O) groups is 1. The van der Waals surface area contributed by atoms with Crippen molar-refractivity contribution in [2.45, 2.75) is 45.3 Å². The molecule has 2 atom stereocenters. The van der Waals surface area contributed by atoms with Crippen molar-refractivity contribution >= 4 is 17.3 Å². The number of halogens is 1. The van der Waals surface area contributed by atoms with Crippen molar-refractivity contribution in [3.8, 4) is 5.75 Å². The van der Waals surface area contributed by atoms with Crippen molar-refractivity contribution < 1.29 is 19.0 Å². The number of hydrazone groups is 1. The van der Waals surface area contributed by atoms with Gasteiger partial charge in [-0.25, -0.2) is 4.39 Å². The van der Waals surface area contributed by atoms with E-state index in [9.17, 15) is 14.3 Å². The molecule has 164 valence electrons. The van der Waals surface area contributed by atoms with E-state index in [1.807, 2.05) is 26.0 Å². The fraction of sp³-hybridized carbons (Fsp3) is 0.417. The quantitative estimate of drug-likeness (QED) is 0.714. The first-order valence-corrected chi connectivity index (χ1v) is 10.8. The Bertz CT molecular complexity index is 992. The summed E-state index contributed by atoms with van der Waals surface area (Å²) in [6.45, 7) is 4.51. The summed E-state index contributed by atoms with van der Waals surface area (Å²) >= 11 is 0. The molecule has 7 heteroatoms. The van der Waals surface area contributed by atoms with Crippen LogP contribution >= 0.6 is 0 Å². The van der Waals surface area contributed by atoms with Gasteiger partial charge in [0.15, 0.2) is 0 Å². The number of nitrogens with one attached hydrogen (secondary N) is 1. The SMILES string of the molecule is CC(C)NCC(O)COc1ccccc1N1N=C2c3cc(F)ccc3CCC2CC1=O. The van der Waals surface area contributed by atoms with Crippen molar-refractivity contribution in [1.29, 1.82) is 0 Å². The smallest absolute Gasteiger partial charge is 0.248 e. The van der Waals surface area contributed by atoms with Crippen molar-refractivity contribution in [2.24, 2.45) is 11.0 Å². The third kappa shape index (κ3) is 4.78. The van der Waals surface area contributed by atoms with Crippen LogP contribution in [0.3, 0.4) is 0 Å². The van der Waals surface area contributed by atoms with Gasteiger partial charge in [-0.3, -0.25) is 4.79 Å². The van der Waals surface area contributed by atoms with Gasteiger partial charge in [0, 0.05) is 30.5 Å². The first-order chi connectivity index (χ1) is 14.9. The second-order valence-electron chi connectivity index (χ2n) is 8.43. The van der Waals surface area contributed by atoms with Gasteiger partial charge in [0.25, 0.3) is 0 Å². The van der Waals surface area contributed by atoms with Crippen molar-refractivity contribution in [3.05, 3.63) is 59.4 Å². The molecule has 2 aliphatic rings. The van der Waals surface area contributed by atoms with E-state index in [1.54, 1.807) is 18.2 Å². The highest BCUT2D eigenvalue weighted by atomic mass is 19.1. The van der Waals surface area contributed by atoms with Crippen molar-refractivity contribution in [3.63, 3.8) is 0 Å². The molecule has 1 amide bonds. The molecule has 0 aromatic heterocycles. The highest BCUT2D eigenvalue weighted by molar-refractivity contribution is 6.11. The summed E-state index contributed by atoms with van der Waals surface area (Å²) in [5.41, 5.74) is 3.10. The van der Waals surface area contributed by atoms with Crippen LogP contribution in [0, 0.1) is 11.7 Å². The van der Waals surface area contributed by atoms with Gasteiger partial charge in [-0.05, 0) is 42.7 Å². The van der Waals surface area contributed by atoms with Crippen molar-refractivity contribution in [1.82, 2.24) is 5.32 Å². The molecule has 0 spiro atoms. The minimum atomic E-state index is -0.684. The number of rotatable bonds is 7. The van der Waals surface area contributed by atoms with Crippen LogP contribution in [-0.2, 0) is 11.2 Å². The summed E-state index contributed by atoms with van der Waals surface area (Å²) in [6.07, 6.45) is 1.28. The summed E-state index contributed by atoms with van der Waals surface area (Å²) in [7, 11) is 0. The lowest BCUT2D eigenvalue weighted by atomic mass is 9.79. The summed E-state index contributed by atoms with van der Waals surface area (Å²) in [5.74, 6) is 0.0394. The molecule has 0 radical (unpaired) electrons. The summed E-state index contributed by atoms with van der Waals surface area (Å²) < 4.78 is 19.8. The lowest BCUT2D eigenvalue weighted by molar-refractivity contribution is -0.119. The monoisotopic (exact) mass is 425 g/mol. The topological polar surface area (TPSA) is 74.2 Å². The van der Waals surface area contributed by atoms with E-state index >= 15 is 0 Å². The molecule has 31 heavy (non-hydrogen) atoms. The van der Waals surface area contributed by atoms with E-state index in [2.05, 4.69) is 10.4 Å². The van der Waals surface area contributed by atoms with Crippen LogP contribution in [0.4, 0.5) is 10.1 Å². The summed E-state index contributed by atoms with van der Waals surface area (Å²) in [5, 5.41) is 19.4. The summed E-state index contributed by atoms with van der Waals surface area (Å²) in [6, 6.07) is 12.2. The first kappa shape index (κ1) is 21.5. The normalized spacial score (nSPS) is 19.0. The Morgan fingerprint density at radius 1 is 1.29 bits per heavy atom. The van der Waals surface area contributed by atoms with E-state index in [0.717, 1.165) is 29.7 Å². The van der Waals surface area contributed by atoms with Gasteiger partial charge in [0.05, 0.1) is 5.71 Å². The van der Waals surface area contributed by atoms with Crippen LogP contribution < -0.4 is 15.1 Å². The molecule has 1 heterocycles. The molecule has 4 rings (SSSR count). The molecule has 0 fully saturated rings. The molecule has 1 aliphatic heterocycles. The third-order valence-electron chi connectivity index (χ3n) is 5.65. The number of aliphatic hydroxyl groups is 1. The first-order valence-electron chi connectivity index (χ1n) is 10.8. The second kappa shape index (κ2) is 9.16. The molecular formula is C24H28FN3O3. The number of para-hydroxylation sites is 2. The van der Waals surface area contributed by atoms with E-state index in [1.165, 1.54) is 17.1 Å². The van der Waals surface area contributed by atoms with E-state index in [0.29, 0.717) is 24.4 Å². The zero-order chi connectivity index (χ0) is 22.0. The minimum absolute atomic E-state index is 0.00457. The molecule has 6 nitrogen and oxygen atoms in total. The highest BCUT2D eigenvalue weighted by Crippen LogP contribution is 2.36. The van der Waals surface area contributed by atoms with Crippen LogP contribution in [0.25, 0.3) is 0 Å². The van der Waals surface area contributed by atoms with Crippen LogP contribution in [0.2, 0.25) is 0 Å². The Balaban J connectivity index is 1.60. The van der Waals surface area contributed by atoms with Gasteiger partial charge >= 0.3 is 0 Å². The van der Waals surface area contributed by atoms with Crippen molar-refractivity contribution in [2.75, 3.05) is 18.2 Å². The number of aliphatic hydroxyl groups excluding tert-OH is 1. The van der Waals surface area contributed by atoms with Gasteiger partial charge in [-0.15, -0.1) is 0 Å². The number of hydrogen-bond acceptors (Lipinski definition) is 5. The predicted octanol–water partition coefficient (Wildman–Crippen LogP) is 3.27. The van der Waals surface area contributed by atoms with Crippen LogP contribution in [0.1, 0.15) is 37.8 Å². The van der Waals surface area contributed by atoms with Crippen LogP contribution in [-0.4, -0.2) is 42.0 Å².